The number of anilines is 1. The molecule has 168 valence electrons. The average Bonchev–Trinajstić information content (AvgIpc) is 3.20. The normalized spacial score (nSPS) is 24.6. The van der Waals surface area contributed by atoms with Crippen molar-refractivity contribution < 1.29 is 14.3 Å². The number of ketones is 1. The smallest absolute Gasteiger partial charge is 0.241 e. The number of carbonyl (C=O) groups excluding carboxylic acids is 2. The van der Waals surface area contributed by atoms with Crippen LogP contribution in [-0.2, 0) is 4.79 Å². The maximum Gasteiger partial charge on any atom is 0.241 e. The number of carbonyl (C=O) groups is 2. The predicted octanol–water partition coefficient (Wildman–Crippen LogP) is 3.94. The molecule has 0 spiro atoms. The summed E-state index contributed by atoms with van der Waals surface area (Å²) in [5, 5.41) is 10.5. The lowest BCUT2D eigenvalue weighted by atomic mass is 9.67. The largest absolute Gasteiger partial charge is 0.497 e. The second kappa shape index (κ2) is 8.20. The Hall–Kier alpha value is -4.37. The molecule has 0 bridgehead atoms. The number of nitrogens with two attached hydrogens (primary N) is 1. The molecule has 4 atom stereocenters. The average molecular weight is 450 g/mol. The highest BCUT2D eigenvalue weighted by Gasteiger charge is 2.65. The van der Waals surface area contributed by atoms with Gasteiger partial charge in [0.1, 0.15) is 11.8 Å². The number of benzene rings is 3. The van der Waals surface area contributed by atoms with Gasteiger partial charge in [0.25, 0.3) is 0 Å². The van der Waals surface area contributed by atoms with E-state index in [1.165, 1.54) is 0 Å². The molecule has 1 fully saturated rings. The van der Waals surface area contributed by atoms with E-state index in [9.17, 15) is 14.9 Å². The first-order valence-corrected chi connectivity index (χ1v) is 11.0. The quantitative estimate of drug-likeness (QED) is 0.595. The summed E-state index contributed by atoms with van der Waals surface area (Å²) in [5.74, 6) is -1.08. The zero-order valence-corrected chi connectivity index (χ0v) is 18.6. The van der Waals surface area contributed by atoms with E-state index >= 15 is 0 Å². The number of ether oxygens (including phenoxy) is 1. The Kier molecular flexibility index (Phi) is 5.18. The van der Waals surface area contributed by atoms with Crippen LogP contribution in [0, 0.1) is 16.7 Å². The summed E-state index contributed by atoms with van der Waals surface area (Å²) in [5.41, 5.74) is 7.23. The number of hydrogen-bond acceptors (Lipinski definition) is 5. The second-order valence-corrected chi connectivity index (χ2v) is 8.54. The third-order valence-corrected chi connectivity index (χ3v) is 6.94. The summed E-state index contributed by atoms with van der Waals surface area (Å²) in [6.45, 7) is 0. The number of nitriles is 1. The van der Waals surface area contributed by atoms with Crippen LogP contribution in [0.3, 0.4) is 0 Å². The van der Waals surface area contributed by atoms with Crippen LogP contribution in [0.2, 0.25) is 0 Å². The van der Waals surface area contributed by atoms with Gasteiger partial charge in [-0.05, 0) is 29.3 Å². The number of Topliss-reactive ketones (excluding diaryl/α,β-unsaturated/α-hetero) is 1. The lowest BCUT2D eigenvalue weighted by Crippen LogP contribution is -2.49. The van der Waals surface area contributed by atoms with Gasteiger partial charge in [-0.25, -0.2) is 0 Å². The summed E-state index contributed by atoms with van der Waals surface area (Å²) >= 11 is 0. The molecule has 2 N–H and O–H groups in total. The molecule has 1 saturated heterocycles. The van der Waals surface area contributed by atoms with Gasteiger partial charge in [0.15, 0.2) is 11.2 Å². The van der Waals surface area contributed by atoms with Crippen molar-refractivity contribution in [3.05, 3.63) is 102 Å². The SMILES string of the molecule is COc1ccc([C@@H]2[C@H](C(=O)c3ccccc3)N3c4ccccc4C=C[C@@H]3[C@]2(C#N)C(N)=O)cc1. The Labute approximate surface area is 197 Å². The molecule has 5 rings (SSSR count). The molecule has 6 heteroatoms. The van der Waals surface area contributed by atoms with Crippen molar-refractivity contribution in [3.8, 4) is 11.8 Å². The number of hydrogen-bond donors (Lipinski definition) is 1. The van der Waals surface area contributed by atoms with Crippen molar-refractivity contribution in [3.63, 3.8) is 0 Å². The molecule has 0 aliphatic carbocycles. The van der Waals surface area contributed by atoms with Crippen molar-refractivity contribution >= 4 is 23.5 Å². The predicted molar refractivity (Wildman–Crippen MR) is 129 cm³/mol. The van der Waals surface area contributed by atoms with Crippen LogP contribution in [0.4, 0.5) is 5.69 Å². The first-order chi connectivity index (χ1) is 16.5. The Morgan fingerprint density at radius 3 is 2.32 bits per heavy atom. The van der Waals surface area contributed by atoms with Crippen LogP contribution in [-0.4, -0.2) is 30.9 Å². The van der Waals surface area contributed by atoms with Crippen molar-refractivity contribution in [1.29, 1.82) is 5.26 Å². The molecule has 0 radical (unpaired) electrons. The monoisotopic (exact) mass is 449 g/mol. The number of nitrogens with zero attached hydrogens (tertiary/aromatic N) is 2. The lowest BCUT2D eigenvalue weighted by molar-refractivity contribution is -0.125. The lowest BCUT2D eigenvalue weighted by Gasteiger charge is -2.36. The molecule has 2 aliphatic rings. The third-order valence-electron chi connectivity index (χ3n) is 6.94. The molecular weight excluding hydrogens is 426 g/mol. The van der Waals surface area contributed by atoms with Gasteiger partial charge < -0.3 is 15.4 Å². The van der Waals surface area contributed by atoms with E-state index in [1.807, 2.05) is 47.4 Å². The summed E-state index contributed by atoms with van der Waals surface area (Å²) in [4.78, 5) is 29.1. The van der Waals surface area contributed by atoms with Gasteiger partial charge in [-0.1, -0.05) is 72.8 Å². The fourth-order valence-electron chi connectivity index (χ4n) is 5.39. The molecule has 34 heavy (non-hydrogen) atoms. The van der Waals surface area contributed by atoms with Crippen LogP contribution >= 0.6 is 0 Å². The van der Waals surface area contributed by atoms with E-state index in [0.29, 0.717) is 16.9 Å². The summed E-state index contributed by atoms with van der Waals surface area (Å²) in [6, 6.07) is 24.5. The minimum absolute atomic E-state index is 0.171. The molecule has 0 unspecified atom stereocenters. The highest BCUT2D eigenvalue weighted by molar-refractivity contribution is 6.06. The van der Waals surface area contributed by atoms with Crippen molar-refractivity contribution in [2.24, 2.45) is 11.1 Å². The number of methoxy groups -OCH3 is 1. The molecule has 2 aliphatic heterocycles. The Morgan fingerprint density at radius 2 is 1.68 bits per heavy atom. The van der Waals surface area contributed by atoms with Gasteiger partial charge in [0, 0.05) is 17.2 Å². The van der Waals surface area contributed by atoms with Gasteiger partial charge in [0.05, 0.1) is 19.2 Å². The molecule has 1 amide bonds. The fourth-order valence-corrected chi connectivity index (χ4v) is 5.39. The molecule has 0 saturated carbocycles. The molecule has 0 aromatic heterocycles. The van der Waals surface area contributed by atoms with Gasteiger partial charge in [0.2, 0.25) is 5.91 Å². The van der Waals surface area contributed by atoms with E-state index in [0.717, 1.165) is 11.3 Å². The highest BCUT2D eigenvalue weighted by Crippen LogP contribution is 2.55. The highest BCUT2D eigenvalue weighted by atomic mass is 16.5. The summed E-state index contributed by atoms with van der Waals surface area (Å²) in [6.07, 6.45) is 3.72. The number of fused-ring (bicyclic) bond motifs is 3. The zero-order valence-electron chi connectivity index (χ0n) is 18.6. The summed E-state index contributed by atoms with van der Waals surface area (Å²) < 4.78 is 5.30. The minimum atomic E-state index is -1.66. The van der Waals surface area contributed by atoms with Crippen molar-refractivity contribution in [2.75, 3.05) is 12.0 Å². The number of para-hydroxylation sites is 1. The maximum absolute atomic E-state index is 14.1. The fraction of sp³-hybridized carbons (Fsp3) is 0.179. The molecule has 2 heterocycles. The topological polar surface area (TPSA) is 96.4 Å². The van der Waals surface area contributed by atoms with Crippen molar-refractivity contribution in [2.45, 2.75) is 18.0 Å². The van der Waals surface area contributed by atoms with Crippen LogP contribution in [0.15, 0.2) is 84.9 Å². The Bertz CT molecular complexity index is 1330. The van der Waals surface area contributed by atoms with Gasteiger partial charge >= 0.3 is 0 Å². The number of rotatable bonds is 5. The van der Waals surface area contributed by atoms with Crippen LogP contribution in [0.25, 0.3) is 6.08 Å². The molecular formula is C28H23N3O3. The van der Waals surface area contributed by atoms with E-state index in [2.05, 4.69) is 6.07 Å². The van der Waals surface area contributed by atoms with E-state index in [1.54, 1.807) is 55.6 Å². The summed E-state index contributed by atoms with van der Waals surface area (Å²) in [7, 11) is 1.57. The molecule has 6 nitrogen and oxygen atoms in total. The Morgan fingerprint density at radius 1 is 1.00 bits per heavy atom. The van der Waals surface area contributed by atoms with Crippen molar-refractivity contribution in [1.82, 2.24) is 0 Å². The Balaban J connectivity index is 1.79. The molecule has 3 aromatic carbocycles. The number of amides is 1. The van der Waals surface area contributed by atoms with Gasteiger partial charge in [-0.2, -0.15) is 5.26 Å². The van der Waals surface area contributed by atoms with Crippen LogP contribution in [0.1, 0.15) is 27.4 Å². The maximum atomic E-state index is 14.1. The standard InChI is InChI=1S/C28H23N3O3/c1-34-21-14-11-19(12-15-21)24-25(26(32)20-8-3-2-4-9-20)31-22-10-6-5-7-18(22)13-16-23(31)28(24,17-29)27(30)33/h2-16,23-25H,1H3,(H2,30,33)/t23-,24-,25-,28+/m1/s1. The van der Waals surface area contributed by atoms with E-state index in [4.69, 9.17) is 10.5 Å². The van der Waals surface area contributed by atoms with Gasteiger partial charge in [-0.3, -0.25) is 9.59 Å². The number of primary amides is 1. The molecule has 3 aromatic rings. The van der Waals surface area contributed by atoms with Crippen LogP contribution in [0.5, 0.6) is 5.75 Å². The third kappa shape index (κ3) is 3.01. The first kappa shape index (κ1) is 21.5. The minimum Gasteiger partial charge on any atom is -0.497 e. The van der Waals surface area contributed by atoms with E-state index in [-0.39, 0.29) is 5.78 Å². The second-order valence-electron chi connectivity index (χ2n) is 8.54. The first-order valence-electron chi connectivity index (χ1n) is 11.0. The zero-order chi connectivity index (χ0) is 23.9. The van der Waals surface area contributed by atoms with Crippen LogP contribution < -0.4 is 15.4 Å². The van der Waals surface area contributed by atoms with E-state index < -0.39 is 29.3 Å². The van der Waals surface area contributed by atoms with Gasteiger partial charge in [-0.15, -0.1) is 0 Å².